The summed E-state index contributed by atoms with van der Waals surface area (Å²) in [5.41, 5.74) is 0. The molecule has 2 N–H and O–H groups in total. The van der Waals surface area contributed by atoms with E-state index in [4.69, 9.17) is 14.2 Å². The van der Waals surface area contributed by atoms with Gasteiger partial charge in [-0.05, 0) is 20.1 Å². The van der Waals surface area contributed by atoms with Gasteiger partial charge in [-0.25, -0.2) is 0 Å². The topological polar surface area (TPSA) is 111 Å². The van der Waals surface area contributed by atoms with Gasteiger partial charge < -0.3 is 24.6 Å². The number of hydrogen-bond donors (Lipinski definition) is 2. The molecule has 1 amide bonds. The van der Waals surface area contributed by atoms with Crippen LogP contribution in [-0.2, 0) is 28.6 Å². The van der Waals surface area contributed by atoms with Crippen LogP contribution in [0.5, 0.6) is 0 Å². The van der Waals surface area contributed by atoms with Gasteiger partial charge in [-0.3, -0.25) is 14.4 Å². The summed E-state index contributed by atoms with van der Waals surface area (Å²) in [6.07, 6.45) is -0.677. The van der Waals surface area contributed by atoms with Crippen LogP contribution < -0.4 is 5.32 Å². The Morgan fingerprint density at radius 2 is 2.08 bits per heavy atom. The number of nitrogens with one attached hydrogen (secondary N) is 1. The van der Waals surface area contributed by atoms with Crippen molar-refractivity contribution >= 4 is 29.9 Å². The molecule has 150 valence electrons. The standard InChI is InChI=1S/C17H29NO7S/c1-10(2)24-17(23-9-19)7-14(22)16(18-12(4)20)15(25-17)6-13(21)11(3)8-26-5/h9-11,14-16,22H,6-8H2,1-5H3,(H,18,20). The van der Waals surface area contributed by atoms with Gasteiger partial charge in [0, 0.05) is 25.0 Å². The summed E-state index contributed by atoms with van der Waals surface area (Å²) in [4.78, 5) is 34.9. The van der Waals surface area contributed by atoms with Crippen LogP contribution in [0.4, 0.5) is 0 Å². The van der Waals surface area contributed by atoms with E-state index in [9.17, 15) is 19.5 Å². The molecule has 1 saturated heterocycles. The van der Waals surface area contributed by atoms with Crippen molar-refractivity contribution in [2.24, 2.45) is 5.92 Å². The summed E-state index contributed by atoms with van der Waals surface area (Å²) in [6.45, 7) is 6.77. The van der Waals surface area contributed by atoms with Crippen LogP contribution in [0, 0.1) is 5.92 Å². The molecule has 0 spiro atoms. The first-order chi connectivity index (χ1) is 12.1. The van der Waals surface area contributed by atoms with Crippen molar-refractivity contribution < 1.29 is 33.7 Å². The van der Waals surface area contributed by atoms with Crippen molar-refractivity contribution in [3.05, 3.63) is 0 Å². The summed E-state index contributed by atoms with van der Waals surface area (Å²) in [5.74, 6) is -1.78. The molecule has 8 nitrogen and oxygen atoms in total. The van der Waals surface area contributed by atoms with Crippen LogP contribution in [0.2, 0.25) is 0 Å². The maximum atomic E-state index is 12.5. The number of ketones is 1. The molecule has 1 rings (SSSR count). The number of rotatable bonds is 10. The molecule has 5 atom stereocenters. The Bertz CT molecular complexity index is 502. The normalized spacial score (nSPS) is 29.9. The molecule has 26 heavy (non-hydrogen) atoms. The highest BCUT2D eigenvalue weighted by Crippen LogP contribution is 2.34. The fraction of sp³-hybridized carbons (Fsp3) is 0.824. The molecule has 0 aromatic rings. The SMILES string of the molecule is CSCC(C)C(=O)CC1OC(OC=O)(OC(C)C)CC(O)C1NC(C)=O. The second kappa shape index (κ2) is 10.2. The predicted molar refractivity (Wildman–Crippen MR) is 96.4 cm³/mol. The van der Waals surface area contributed by atoms with E-state index in [-0.39, 0.29) is 43.0 Å². The molecule has 0 bridgehead atoms. The fourth-order valence-corrected chi connectivity index (χ4v) is 3.62. The molecule has 1 aliphatic rings. The minimum Gasteiger partial charge on any atom is -0.410 e. The summed E-state index contributed by atoms with van der Waals surface area (Å²) >= 11 is 1.55. The molecule has 0 aromatic heterocycles. The number of hydrogen-bond acceptors (Lipinski definition) is 8. The molecule has 0 saturated carbocycles. The minimum absolute atomic E-state index is 0.0465. The lowest BCUT2D eigenvalue weighted by atomic mass is 9.91. The third kappa shape index (κ3) is 6.53. The minimum atomic E-state index is -1.79. The van der Waals surface area contributed by atoms with E-state index in [1.807, 2.05) is 13.2 Å². The summed E-state index contributed by atoms with van der Waals surface area (Å²) in [7, 11) is 0. The highest BCUT2D eigenvalue weighted by Gasteiger charge is 2.51. The van der Waals surface area contributed by atoms with Gasteiger partial charge in [0.1, 0.15) is 5.78 Å². The lowest BCUT2D eigenvalue weighted by Crippen LogP contribution is -2.63. The van der Waals surface area contributed by atoms with E-state index >= 15 is 0 Å². The maximum absolute atomic E-state index is 12.5. The first kappa shape index (κ1) is 22.9. The molecule has 0 aromatic carbocycles. The molecular weight excluding hydrogens is 362 g/mol. The number of Topliss-reactive ketones (excluding diaryl/α,β-unsaturated/α-hetero) is 1. The van der Waals surface area contributed by atoms with Crippen molar-refractivity contribution in [1.82, 2.24) is 5.32 Å². The molecule has 5 unspecified atom stereocenters. The lowest BCUT2D eigenvalue weighted by Gasteiger charge is -2.45. The van der Waals surface area contributed by atoms with Gasteiger partial charge in [-0.1, -0.05) is 6.92 Å². The van der Waals surface area contributed by atoms with Crippen molar-refractivity contribution in [2.45, 2.75) is 70.9 Å². The van der Waals surface area contributed by atoms with Gasteiger partial charge in [-0.2, -0.15) is 11.8 Å². The Hall–Kier alpha value is -1.16. The largest absolute Gasteiger partial charge is 0.410 e. The van der Waals surface area contributed by atoms with Gasteiger partial charge in [0.25, 0.3) is 6.47 Å². The summed E-state index contributed by atoms with van der Waals surface area (Å²) in [5, 5.41) is 13.2. The van der Waals surface area contributed by atoms with E-state index in [0.717, 1.165) is 0 Å². The Balaban J connectivity index is 3.07. The first-order valence-corrected chi connectivity index (χ1v) is 9.97. The molecule has 1 heterocycles. The number of carbonyl (C=O) groups is 3. The van der Waals surface area contributed by atoms with Crippen molar-refractivity contribution in [2.75, 3.05) is 12.0 Å². The molecule has 0 radical (unpaired) electrons. The molecular formula is C17H29NO7S. The average Bonchev–Trinajstić information content (AvgIpc) is 2.50. The quantitative estimate of drug-likeness (QED) is 0.416. The van der Waals surface area contributed by atoms with Crippen molar-refractivity contribution in [3.63, 3.8) is 0 Å². The Labute approximate surface area is 158 Å². The van der Waals surface area contributed by atoms with Crippen LogP contribution in [-0.4, -0.2) is 65.6 Å². The summed E-state index contributed by atoms with van der Waals surface area (Å²) < 4.78 is 16.4. The number of ether oxygens (including phenoxy) is 3. The van der Waals surface area contributed by atoms with Crippen LogP contribution in [0.1, 0.15) is 40.5 Å². The molecule has 9 heteroatoms. The van der Waals surface area contributed by atoms with Crippen molar-refractivity contribution in [1.29, 1.82) is 0 Å². The summed E-state index contributed by atoms with van der Waals surface area (Å²) in [6, 6.07) is -0.808. The average molecular weight is 391 g/mol. The zero-order valence-corrected chi connectivity index (χ0v) is 16.7. The third-order valence-corrected chi connectivity index (χ3v) is 4.82. The number of carbonyl (C=O) groups excluding carboxylic acids is 3. The number of amides is 1. The Morgan fingerprint density at radius 3 is 2.58 bits per heavy atom. The zero-order chi connectivity index (χ0) is 19.9. The number of thioether (sulfide) groups is 1. The van der Waals surface area contributed by atoms with Gasteiger partial charge >= 0.3 is 5.97 Å². The fourth-order valence-electron chi connectivity index (χ4n) is 2.93. The smallest absolute Gasteiger partial charge is 0.332 e. The monoisotopic (exact) mass is 391 g/mol. The maximum Gasteiger partial charge on any atom is 0.332 e. The van der Waals surface area contributed by atoms with E-state index in [1.165, 1.54) is 6.92 Å². The van der Waals surface area contributed by atoms with Gasteiger partial charge in [-0.15, -0.1) is 0 Å². The lowest BCUT2D eigenvalue weighted by molar-refractivity contribution is -0.408. The number of aliphatic hydroxyl groups is 1. The van der Waals surface area contributed by atoms with Crippen LogP contribution in [0.25, 0.3) is 0 Å². The van der Waals surface area contributed by atoms with Gasteiger partial charge in [0.2, 0.25) is 5.91 Å². The molecule has 1 fully saturated rings. The van der Waals surface area contributed by atoms with E-state index in [1.54, 1.807) is 25.6 Å². The Kier molecular flexibility index (Phi) is 9.02. The second-order valence-corrected chi connectivity index (χ2v) is 7.66. The van der Waals surface area contributed by atoms with Gasteiger partial charge in [0.05, 0.1) is 30.8 Å². The Morgan fingerprint density at radius 1 is 1.42 bits per heavy atom. The van der Waals surface area contributed by atoms with Crippen LogP contribution in [0.15, 0.2) is 0 Å². The van der Waals surface area contributed by atoms with E-state index in [0.29, 0.717) is 5.75 Å². The van der Waals surface area contributed by atoms with Crippen molar-refractivity contribution in [3.8, 4) is 0 Å². The third-order valence-electron chi connectivity index (χ3n) is 3.99. The van der Waals surface area contributed by atoms with E-state index in [2.05, 4.69) is 5.32 Å². The van der Waals surface area contributed by atoms with E-state index < -0.39 is 24.2 Å². The highest BCUT2D eigenvalue weighted by atomic mass is 32.2. The first-order valence-electron chi connectivity index (χ1n) is 8.58. The molecule has 1 aliphatic heterocycles. The predicted octanol–water partition coefficient (Wildman–Crippen LogP) is 0.851. The number of aliphatic hydroxyl groups excluding tert-OH is 1. The zero-order valence-electron chi connectivity index (χ0n) is 15.9. The highest BCUT2D eigenvalue weighted by molar-refractivity contribution is 7.98. The van der Waals surface area contributed by atoms with Crippen LogP contribution in [0.3, 0.4) is 0 Å². The van der Waals surface area contributed by atoms with Crippen LogP contribution >= 0.6 is 11.8 Å². The molecule has 0 aliphatic carbocycles. The van der Waals surface area contributed by atoms with Gasteiger partial charge in [0.15, 0.2) is 0 Å². The second-order valence-electron chi connectivity index (χ2n) is 6.74.